The Hall–Kier alpha value is -2.01. The largest absolute Gasteiger partial charge is 0.507 e. The Balaban J connectivity index is 1.66. The van der Waals surface area contributed by atoms with Gasteiger partial charge in [-0.2, -0.15) is 0 Å². The lowest BCUT2D eigenvalue weighted by molar-refractivity contribution is 0.0917. The van der Waals surface area contributed by atoms with Crippen LogP contribution in [0.3, 0.4) is 0 Å². The molecule has 0 aromatic heterocycles. The van der Waals surface area contributed by atoms with Crippen molar-refractivity contribution in [2.45, 2.75) is 19.6 Å². The summed E-state index contributed by atoms with van der Waals surface area (Å²) >= 11 is 3.39. The monoisotopic (exact) mass is 361 g/mol. The first-order valence-electron chi connectivity index (χ1n) is 7.10. The van der Waals surface area contributed by atoms with Gasteiger partial charge >= 0.3 is 6.09 Å². The van der Waals surface area contributed by atoms with Crippen LogP contribution in [0.5, 0.6) is 5.75 Å². The molecule has 2 aromatic carbocycles. The van der Waals surface area contributed by atoms with Crippen molar-refractivity contribution in [1.29, 1.82) is 0 Å². The highest BCUT2D eigenvalue weighted by Gasteiger charge is 2.24. The number of amides is 1. The molecule has 0 atom stereocenters. The molecule has 114 valence electrons. The van der Waals surface area contributed by atoms with E-state index < -0.39 is 0 Å². The number of fused-ring (bicyclic) bond motifs is 1. The number of rotatable bonds is 2. The van der Waals surface area contributed by atoms with Gasteiger partial charge in [0.25, 0.3) is 0 Å². The number of phenols is 1. The molecule has 3 rings (SSSR count). The molecule has 2 aromatic rings. The number of benzene rings is 2. The predicted molar refractivity (Wildman–Crippen MR) is 86.5 cm³/mol. The van der Waals surface area contributed by atoms with Crippen LogP contribution in [0.1, 0.15) is 16.7 Å². The molecule has 0 spiro atoms. The third-order valence-corrected chi connectivity index (χ3v) is 4.67. The van der Waals surface area contributed by atoms with Gasteiger partial charge in [-0.05, 0) is 45.1 Å². The van der Waals surface area contributed by atoms with Gasteiger partial charge in [0.15, 0.2) is 0 Å². The van der Waals surface area contributed by atoms with Crippen LogP contribution in [-0.2, 0) is 24.3 Å². The van der Waals surface area contributed by atoms with Crippen LogP contribution in [-0.4, -0.2) is 22.6 Å². The minimum atomic E-state index is -0.329. The highest BCUT2D eigenvalue weighted by atomic mass is 79.9. The molecule has 5 heteroatoms. The topological polar surface area (TPSA) is 49.8 Å². The van der Waals surface area contributed by atoms with E-state index in [1.165, 1.54) is 0 Å². The second kappa shape index (κ2) is 6.40. The van der Waals surface area contributed by atoms with Crippen LogP contribution in [0, 0.1) is 0 Å². The van der Waals surface area contributed by atoms with Gasteiger partial charge in [0.05, 0.1) is 11.0 Å². The van der Waals surface area contributed by atoms with Crippen molar-refractivity contribution in [3.8, 4) is 5.75 Å². The van der Waals surface area contributed by atoms with E-state index in [2.05, 4.69) is 15.9 Å². The minimum Gasteiger partial charge on any atom is -0.507 e. The molecule has 1 aliphatic rings. The van der Waals surface area contributed by atoms with E-state index in [4.69, 9.17) is 4.74 Å². The standard InChI is InChI=1S/C17H16BrNO3/c18-16-14-10-19(9-8-13(14)6-7-15(16)20)17(21)22-11-12-4-2-1-3-5-12/h1-7,20H,8-11H2. The number of ether oxygens (including phenoxy) is 1. The van der Waals surface area contributed by atoms with Crippen LogP contribution >= 0.6 is 15.9 Å². The van der Waals surface area contributed by atoms with E-state index in [1.54, 1.807) is 11.0 Å². The van der Waals surface area contributed by atoms with Crippen molar-refractivity contribution in [3.63, 3.8) is 0 Å². The maximum Gasteiger partial charge on any atom is 0.410 e. The zero-order valence-electron chi connectivity index (χ0n) is 12.0. The highest BCUT2D eigenvalue weighted by molar-refractivity contribution is 9.10. The van der Waals surface area contributed by atoms with Crippen molar-refractivity contribution < 1.29 is 14.6 Å². The van der Waals surface area contributed by atoms with Crippen LogP contribution in [0.4, 0.5) is 4.79 Å². The van der Waals surface area contributed by atoms with Crippen LogP contribution in [0.25, 0.3) is 0 Å². The Morgan fingerprint density at radius 2 is 2.00 bits per heavy atom. The third-order valence-electron chi connectivity index (χ3n) is 3.78. The smallest absolute Gasteiger partial charge is 0.410 e. The Morgan fingerprint density at radius 3 is 2.77 bits per heavy atom. The number of carbonyl (C=O) groups excluding carboxylic acids is 1. The summed E-state index contributed by atoms with van der Waals surface area (Å²) in [6.45, 7) is 1.33. The number of hydrogen-bond acceptors (Lipinski definition) is 3. The van der Waals surface area contributed by atoms with Gasteiger partial charge in [-0.3, -0.25) is 0 Å². The molecule has 0 radical (unpaired) electrons. The molecular weight excluding hydrogens is 346 g/mol. The molecule has 1 N–H and O–H groups in total. The summed E-state index contributed by atoms with van der Waals surface area (Å²) in [5, 5.41) is 9.77. The van der Waals surface area contributed by atoms with E-state index in [9.17, 15) is 9.90 Å². The van der Waals surface area contributed by atoms with E-state index >= 15 is 0 Å². The van der Waals surface area contributed by atoms with E-state index in [-0.39, 0.29) is 18.4 Å². The number of nitrogens with zero attached hydrogens (tertiary/aromatic N) is 1. The first-order valence-corrected chi connectivity index (χ1v) is 7.89. The molecule has 4 nitrogen and oxygen atoms in total. The number of halogens is 1. The molecular formula is C17H16BrNO3. The zero-order valence-corrected chi connectivity index (χ0v) is 13.5. The van der Waals surface area contributed by atoms with Crippen molar-refractivity contribution in [2.24, 2.45) is 0 Å². The summed E-state index contributed by atoms with van der Waals surface area (Å²) < 4.78 is 6.02. The van der Waals surface area contributed by atoms with Gasteiger partial charge in [0.1, 0.15) is 12.4 Å². The van der Waals surface area contributed by atoms with Crippen molar-refractivity contribution in [2.75, 3.05) is 6.54 Å². The predicted octanol–water partition coefficient (Wildman–Crippen LogP) is 3.85. The van der Waals surface area contributed by atoms with Crippen LogP contribution in [0.2, 0.25) is 0 Å². The summed E-state index contributed by atoms with van der Waals surface area (Å²) in [5.41, 5.74) is 3.06. The fourth-order valence-electron chi connectivity index (χ4n) is 2.55. The molecule has 0 fully saturated rings. The molecule has 1 amide bonds. The molecule has 22 heavy (non-hydrogen) atoms. The lowest BCUT2D eigenvalue weighted by Gasteiger charge is -2.29. The Labute approximate surface area is 137 Å². The van der Waals surface area contributed by atoms with Gasteiger partial charge in [-0.1, -0.05) is 36.4 Å². The Morgan fingerprint density at radius 1 is 1.23 bits per heavy atom. The summed E-state index contributed by atoms with van der Waals surface area (Å²) in [6, 6.07) is 13.2. The lowest BCUT2D eigenvalue weighted by Crippen LogP contribution is -2.36. The maximum absolute atomic E-state index is 12.2. The number of hydrogen-bond donors (Lipinski definition) is 1. The normalized spacial score (nSPS) is 13.6. The van der Waals surface area contributed by atoms with Crippen LogP contribution in [0.15, 0.2) is 46.9 Å². The molecule has 0 saturated heterocycles. The van der Waals surface area contributed by atoms with Gasteiger partial charge in [-0.25, -0.2) is 4.79 Å². The zero-order chi connectivity index (χ0) is 15.5. The Kier molecular flexibility index (Phi) is 4.34. The average Bonchev–Trinajstić information content (AvgIpc) is 2.57. The van der Waals surface area contributed by atoms with Gasteiger partial charge in [-0.15, -0.1) is 0 Å². The lowest BCUT2D eigenvalue weighted by atomic mass is 10.00. The summed E-state index contributed by atoms with van der Waals surface area (Å²) in [7, 11) is 0. The average molecular weight is 362 g/mol. The fourth-order valence-corrected chi connectivity index (χ4v) is 3.06. The molecule has 0 bridgehead atoms. The number of aromatic hydroxyl groups is 1. The van der Waals surface area contributed by atoms with E-state index in [0.717, 1.165) is 23.1 Å². The fraction of sp³-hybridized carbons (Fsp3) is 0.235. The van der Waals surface area contributed by atoms with Gasteiger partial charge < -0.3 is 14.7 Å². The number of carbonyl (C=O) groups is 1. The van der Waals surface area contributed by atoms with Gasteiger partial charge in [0.2, 0.25) is 0 Å². The molecule has 1 aliphatic heterocycles. The van der Waals surface area contributed by atoms with E-state index in [0.29, 0.717) is 17.6 Å². The SMILES string of the molecule is O=C(OCc1ccccc1)N1CCc2ccc(O)c(Br)c2C1. The minimum absolute atomic E-state index is 0.193. The first kappa shape index (κ1) is 14.9. The van der Waals surface area contributed by atoms with E-state index in [1.807, 2.05) is 36.4 Å². The van der Waals surface area contributed by atoms with Crippen molar-refractivity contribution >= 4 is 22.0 Å². The van der Waals surface area contributed by atoms with Crippen molar-refractivity contribution in [1.82, 2.24) is 4.90 Å². The molecule has 1 heterocycles. The molecule has 0 aliphatic carbocycles. The van der Waals surface area contributed by atoms with Crippen LogP contribution < -0.4 is 0 Å². The second-order valence-electron chi connectivity index (χ2n) is 5.25. The number of phenolic OH excluding ortho intramolecular Hbond substituents is 1. The third kappa shape index (κ3) is 3.09. The Bertz CT molecular complexity index is 688. The molecule has 0 unspecified atom stereocenters. The van der Waals surface area contributed by atoms with Gasteiger partial charge in [0, 0.05) is 6.54 Å². The highest BCUT2D eigenvalue weighted by Crippen LogP contribution is 2.33. The summed E-state index contributed by atoms with van der Waals surface area (Å²) in [4.78, 5) is 13.9. The maximum atomic E-state index is 12.2. The summed E-state index contributed by atoms with van der Waals surface area (Å²) in [6.07, 6.45) is 0.430. The summed E-state index contributed by atoms with van der Waals surface area (Å²) in [5.74, 6) is 0.193. The van der Waals surface area contributed by atoms with Crippen molar-refractivity contribution in [3.05, 3.63) is 63.6 Å². The first-order chi connectivity index (χ1) is 10.6. The second-order valence-corrected chi connectivity index (χ2v) is 6.04. The molecule has 0 saturated carbocycles. The quantitative estimate of drug-likeness (QED) is 0.883.